The number of aliphatic hydroxyl groups excluding tert-OH is 1. The van der Waals surface area contributed by atoms with E-state index < -0.39 is 0 Å². The number of rotatable bonds is 4. The molecule has 0 aromatic rings. The lowest BCUT2D eigenvalue weighted by Gasteiger charge is -2.24. The molecule has 1 rings (SSSR count). The van der Waals surface area contributed by atoms with Crippen LogP contribution < -0.4 is 5.32 Å². The average molecular weight is 173 g/mol. The maximum absolute atomic E-state index is 8.76. The van der Waals surface area contributed by atoms with Crippen LogP contribution in [0.15, 0.2) is 0 Å². The number of hydrogen-bond acceptors (Lipinski definition) is 3. The summed E-state index contributed by atoms with van der Waals surface area (Å²) in [5.74, 6) is 0. The Kier molecular flexibility index (Phi) is 4.58. The van der Waals surface area contributed by atoms with Gasteiger partial charge in [-0.2, -0.15) is 0 Å². The third kappa shape index (κ3) is 3.52. The first-order valence-electron chi connectivity index (χ1n) is 4.78. The SMILES string of the molecule is CC(CO)NCC1CCCCO1. The van der Waals surface area contributed by atoms with Crippen LogP contribution in [0.1, 0.15) is 26.2 Å². The summed E-state index contributed by atoms with van der Waals surface area (Å²) in [6, 6.07) is 0.190. The van der Waals surface area contributed by atoms with E-state index in [-0.39, 0.29) is 12.6 Å². The summed E-state index contributed by atoms with van der Waals surface area (Å²) in [7, 11) is 0. The molecule has 0 aliphatic carbocycles. The lowest BCUT2D eigenvalue weighted by atomic mass is 10.1. The molecule has 1 heterocycles. The molecule has 1 saturated heterocycles. The zero-order valence-corrected chi connectivity index (χ0v) is 7.75. The van der Waals surface area contributed by atoms with Gasteiger partial charge in [-0.3, -0.25) is 0 Å². The summed E-state index contributed by atoms with van der Waals surface area (Å²) in [5.41, 5.74) is 0. The standard InChI is InChI=1S/C9H19NO2/c1-8(7-11)10-6-9-4-2-3-5-12-9/h8-11H,2-7H2,1H3. The molecule has 1 aliphatic heterocycles. The van der Waals surface area contributed by atoms with Crippen molar-refractivity contribution in [3.05, 3.63) is 0 Å². The van der Waals surface area contributed by atoms with Crippen LogP contribution in [-0.2, 0) is 4.74 Å². The van der Waals surface area contributed by atoms with Crippen LogP contribution in [0, 0.1) is 0 Å². The van der Waals surface area contributed by atoms with Crippen molar-refractivity contribution >= 4 is 0 Å². The van der Waals surface area contributed by atoms with E-state index in [9.17, 15) is 0 Å². The number of nitrogens with one attached hydrogen (secondary N) is 1. The first kappa shape index (κ1) is 9.96. The maximum Gasteiger partial charge on any atom is 0.0699 e. The van der Waals surface area contributed by atoms with E-state index in [1.165, 1.54) is 12.8 Å². The van der Waals surface area contributed by atoms with E-state index in [1.807, 2.05) is 6.92 Å². The molecule has 0 amide bonds. The molecule has 2 unspecified atom stereocenters. The Morgan fingerprint density at radius 2 is 2.42 bits per heavy atom. The third-order valence-electron chi connectivity index (χ3n) is 2.24. The molecule has 72 valence electrons. The van der Waals surface area contributed by atoms with Gasteiger partial charge in [0.2, 0.25) is 0 Å². The van der Waals surface area contributed by atoms with Gasteiger partial charge in [0.25, 0.3) is 0 Å². The van der Waals surface area contributed by atoms with Crippen molar-refractivity contribution in [3.8, 4) is 0 Å². The molecular formula is C9H19NO2. The molecule has 1 aliphatic rings. The van der Waals surface area contributed by atoms with Crippen molar-refractivity contribution in [1.82, 2.24) is 5.32 Å². The molecule has 3 nitrogen and oxygen atoms in total. The Labute approximate surface area is 74.1 Å². The zero-order chi connectivity index (χ0) is 8.81. The van der Waals surface area contributed by atoms with Gasteiger partial charge in [-0.05, 0) is 26.2 Å². The first-order valence-corrected chi connectivity index (χ1v) is 4.78. The van der Waals surface area contributed by atoms with Crippen molar-refractivity contribution in [2.45, 2.75) is 38.3 Å². The van der Waals surface area contributed by atoms with E-state index in [2.05, 4.69) is 5.32 Å². The molecular weight excluding hydrogens is 154 g/mol. The zero-order valence-electron chi connectivity index (χ0n) is 7.75. The average Bonchev–Trinajstić information content (AvgIpc) is 2.16. The second-order valence-electron chi connectivity index (χ2n) is 3.48. The minimum Gasteiger partial charge on any atom is -0.395 e. The monoisotopic (exact) mass is 173 g/mol. The summed E-state index contributed by atoms with van der Waals surface area (Å²) in [6.07, 6.45) is 4.00. The fraction of sp³-hybridized carbons (Fsp3) is 1.00. The summed E-state index contributed by atoms with van der Waals surface area (Å²) in [5, 5.41) is 12.0. The van der Waals surface area contributed by atoms with Gasteiger partial charge in [-0.15, -0.1) is 0 Å². The maximum atomic E-state index is 8.76. The third-order valence-corrected chi connectivity index (χ3v) is 2.24. The highest BCUT2D eigenvalue weighted by Crippen LogP contribution is 2.11. The fourth-order valence-corrected chi connectivity index (χ4v) is 1.37. The van der Waals surface area contributed by atoms with Gasteiger partial charge < -0.3 is 15.2 Å². The lowest BCUT2D eigenvalue weighted by Crippen LogP contribution is -2.38. The number of hydrogen-bond donors (Lipinski definition) is 2. The molecule has 0 spiro atoms. The summed E-state index contributed by atoms with van der Waals surface area (Å²) < 4.78 is 5.53. The van der Waals surface area contributed by atoms with E-state index in [0.717, 1.165) is 19.6 Å². The lowest BCUT2D eigenvalue weighted by molar-refractivity contribution is 0.0146. The molecule has 0 saturated carbocycles. The molecule has 0 bridgehead atoms. The van der Waals surface area contributed by atoms with Crippen molar-refractivity contribution in [2.75, 3.05) is 19.8 Å². The van der Waals surface area contributed by atoms with Gasteiger partial charge in [0, 0.05) is 19.2 Å². The van der Waals surface area contributed by atoms with Crippen LogP contribution in [0.4, 0.5) is 0 Å². The smallest absolute Gasteiger partial charge is 0.0699 e. The van der Waals surface area contributed by atoms with Crippen LogP contribution in [0.25, 0.3) is 0 Å². The minimum atomic E-state index is 0.190. The van der Waals surface area contributed by atoms with Crippen LogP contribution >= 0.6 is 0 Å². The van der Waals surface area contributed by atoms with Crippen molar-refractivity contribution in [1.29, 1.82) is 0 Å². The van der Waals surface area contributed by atoms with Gasteiger partial charge >= 0.3 is 0 Å². The molecule has 2 atom stereocenters. The quantitative estimate of drug-likeness (QED) is 0.651. The van der Waals surface area contributed by atoms with Crippen LogP contribution in [0.5, 0.6) is 0 Å². The fourth-order valence-electron chi connectivity index (χ4n) is 1.37. The molecule has 2 N–H and O–H groups in total. The molecule has 0 radical (unpaired) electrons. The predicted octanol–water partition coefficient (Wildman–Crippen LogP) is 0.526. The second kappa shape index (κ2) is 5.51. The van der Waals surface area contributed by atoms with Crippen LogP contribution in [0.3, 0.4) is 0 Å². The van der Waals surface area contributed by atoms with E-state index >= 15 is 0 Å². The van der Waals surface area contributed by atoms with Gasteiger partial charge in [0.05, 0.1) is 12.7 Å². The minimum absolute atomic E-state index is 0.190. The number of ether oxygens (including phenoxy) is 1. The Bertz CT molecular complexity index is 113. The van der Waals surface area contributed by atoms with Gasteiger partial charge in [-0.1, -0.05) is 0 Å². The van der Waals surface area contributed by atoms with Gasteiger partial charge in [0.1, 0.15) is 0 Å². The highest BCUT2D eigenvalue weighted by molar-refractivity contribution is 4.68. The largest absolute Gasteiger partial charge is 0.395 e. The molecule has 0 aromatic heterocycles. The topological polar surface area (TPSA) is 41.5 Å². The molecule has 1 fully saturated rings. The van der Waals surface area contributed by atoms with Gasteiger partial charge in [-0.25, -0.2) is 0 Å². The Hall–Kier alpha value is -0.120. The van der Waals surface area contributed by atoms with E-state index in [0.29, 0.717) is 6.10 Å². The first-order chi connectivity index (χ1) is 5.83. The van der Waals surface area contributed by atoms with Crippen molar-refractivity contribution < 1.29 is 9.84 Å². The Morgan fingerprint density at radius 1 is 1.58 bits per heavy atom. The second-order valence-corrected chi connectivity index (χ2v) is 3.48. The van der Waals surface area contributed by atoms with Crippen molar-refractivity contribution in [2.24, 2.45) is 0 Å². The number of aliphatic hydroxyl groups is 1. The van der Waals surface area contributed by atoms with E-state index in [1.54, 1.807) is 0 Å². The van der Waals surface area contributed by atoms with Gasteiger partial charge in [0.15, 0.2) is 0 Å². The summed E-state index contributed by atoms with van der Waals surface area (Å²) in [4.78, 5) is 0. The molecule has 0 aromatic carbocycles. The predicted molar refractivity (Wildman–Crippen MR) is 48.1 cm³/mol. The molecule has 3 heteroatoms. The highest BCUT2D eigenvalue weighted by atomic mass is 16.5. The summed E-state index contributed by atoms with van der Waals surface area (Å²) >= 11 is 0. The molecule has 12 heavy (non-hydrogen) atoms. The summed E-state index contributed by atoms with van der Waals surface area (Å²) in [6.45, 7) is 3.96. The van der Waals surface area contributed by atoms with Crippen molar-refractivity contribution in [3.63, 3.8) is 0 Å². The Balaban J connectivity index is 2.05. The highest BCUT2D eigenvalue weighted by Gasteiger charge is 2.13. The van der Waals surface area contributed by atoms with E-state index in [4.69, 9.17) is 9.84 Å². The Morgan fingerprint density at radius 3 is 3.00 bits per heavy atom. The normalized spacial score (nSPS) is 27.0. The van der Waals surface area contributed by atoms with Crippen LogP contribution in [0.2, 0.25) is 0 Å². The van der Waals surface area contributed by atoms with Crippen LogP contribution in [-0.4, -0.2) is 37.0 Å².